The monoisotopic (exact) mass is 406 g/mol. The lowest BCUT2D eigenvalue weighted by Crippen LogP contribution is -2.34. The molecule has 0 saturated heterocycles. The van der Waals surface area contributed by atoms with Crippen LogP contribution in [0.3, 0.4) is 0 Å². The highest BCUT2D eigenvalue weighted by atomic mass is 32.2. The van der Waals surface area contributed by atoms with Crippen molar-refractivity contribution < 1.29 is 13.3 Å². The Balaban J connectivity index is 2.26. The van der Waals surface area contributed by atoms with Gasteiger partial charge in [0, 0.05) is 24.8 Å². The van der Waals surface area contributed by atoms with Crippen LogP contribution < -0.4 is 10.0 Å². The van der Waals surface area contributed by atoms with Gasteiger partial charge in [-0.1, -0.05) is 32.0 Å². The number of nitrogens with one attached hydrogen (secondary N) is 2. The minimum atomic E-state index is -3.93. The highest BCUT2D eigenvalue weighted by molar-refractivity contribution is 7.92. The molecule has 152 valence electrons. The van der Waals surface area contributed by atoms with Crippen molar-refractivity contribution in [3.05, 3.63) is 58.6 Å². The minimum Gasteiger partial charge on any atom is -0.379 e. The first-order valence-corrected chi connectivity index (χ1v) is 10.2. The quantitative estimate of drug-likeness (QED) is 0.488. The van der Waals surface area contributed by atoms with Gasteiger partial charge in [-0.15, -0.1) is 0 Å². The zero-order valence-corrected chi connectivity index (χ0v) is 17.3. The molecule has 0 aromatic heterocycles. The molecule has 2 rings (SSSR count). The Bertz CT molecular complexity index is 928. The van der Waals surface area contributed by atoms with E-state index in [9.17, 15) is 18.5 Å². The van der Waals surface area contributed by atoms with Crippen LogP contribution in [0.4, 0.5) is 17.1 Å². The molecule has 0 saturated carbocycles. The number of hydrogen-bond acceptors (Lipinski definition) is 6. The van der Waals surface area contributed by atoms with E-state index in [0.29, 0.717) is 12.2 Å². The summed E-state index contributed by atoms with van der Waals surface area (Å²) in [6.45, 7) is 5.39. The summed E-state index contributed by atoms with van der Waals surface area (Å²) in [5, 5.41) is 14.6. The zero-order valence-electron chi connectivity index (χ0n) is 16.5. The molecule has 0 heterocycles. The summed E-state index contributed by atoms with van der Waals surface area (Å²) in [7, 11) is -0.0105. The summed E-state index contributed by atoms with van der Waals surface area (Å²) in [5.41, 5.74) is 0.265. The number of nitro benzene ring substituents is 1. The summed E-state index contributed by atoms with van der Waals surface area (Å²) >= 11 is 0. The molecule has 0 unspecified atom stereocenters. The molecule has 8 nitrogen and oxygen atoms in total. The van der Waals surface area contributed by atoms with E-state index >= 15 is 0 Å². The number of sulfonamides is 1. The molecule has 0 fully saturated rings. The first-order valence-electron chi connectivity index (χ1n) is 8.75. The van der Waals surface area contributed by atoms with Gasteiger partial charge in [-0.3, -0.25) is 14.8 Å². The Morgan fingerprint density at radius 2 is 1.75 bits per heavy atom. The number of benzene rings is 2. The Morgan fingerprint density at radius 3 is 2.32 bits per heavy atom. The van der Waals surface area contributed by atoms with Gasteiger partial charge in [0.1, 0.15) is 5.69 Å². The highest BCUT2D eigenvalue weighted by Gasteiger charge is 2.24. The van der Waals surface area contributed by atoms with E-state index < -0.39 is 14.9 Å². The Morgan fingerprint density at radius 1 is 1.11 bits per heavy atom. The molecule has 2 N–H and O–H groups in total. The van der Waals surface area contributed by atoms with Crippen LogP contribution in [0.1, 0.15) is 13.8 Å². The van der Waals surface area contributed by atoms with Gasteiger partial charge in [0.25, 0.3) is 15.7 Å². The van der Waals surface area contributed by atoms with Crippen molar-refractivity contribution in [2.75, 3.05) is 37.2 Å². The smallest absolute Gasteiger partial charge is 0.293 e. The van der Waals surface area contributed by atoms with Crippen molar-refractivity contribution in [3.8, 4) is 0 Å². The molecule has 0 amide bonds. The lowest BCUT2D eigenvalue weighted by Gasteiger charge is -2.28. The van der Waals surface area contributed by atoms with E-state index in [1.807, 2.05) is 19.0 Å². The van der Waals surface area contributed by atoms with Crippen LogP contribution in [0.15, 0.2) is 53.4 Å². The normalized spacial score (nSPS) is 12.0. The predicted molar refractivity (Wildman–Crippen MR) is 111 cm³/mol. The average molecular weight is 407 g/mol. The second-order valence-electron chi connectivity index (χ2n) is 7.66. The second kappa shape index (κ2) is 8.57. The number of nitrogens with zero attached hydrogens (tertiary/aromatic N) is 2. The molecule has 2 aromatic carbocycles. The maximum Gasteiger partial charge on any atom is 0.293 e. The SMILES string of the molecule is CN(C)CC(C)(C)CNc1ccc(S(=O)(=O)Nc2ccccc2)cc1[N+](=O)[O-]. The molecule has 0 aliphatic carbocycles. The van der Waals surface area contributed by atoms with Crippen molar-refractivity contribution in [2.45, 2.75) is 18.7 Å². The number of nitro groups is 1. The van der Waals surface area contributed by atoms with E-state index in [1.165, 1.54) is 12.1 Å². The van der Waals surface area contributed by atoms with Crippen LogP contribution in [0.5, 0.6) is 0 Å². The molecule has 0 spiro atoms. The first-order chi connectivity index (χ1) is 13.0. The fraction of sp³-hybridized carbons (Fsp3) is 0.368. The minimum absolute atomic E-state index is 0.128. The molecule has 0 aliphatic rings. The van der Waals surface area contributed by atoms with Crippen molar-refractivity contribution >= 4 is 27.1 Å². The van der Waals surface area contributed by atoms with Crippen molar-refractivity contribution in [1.29, 1.82) is 0 Å². The van der Waals surface area contributed by atoms with Crippen molar-refractivity contribution in [1.82, 2.24) is 4.90 Å². The van der Waals surface area contributed by atoms with Crippen LogP contribution in [0.25, 0.3) is 0 Å². The van der Waals surface area contributed by atoms with Gasteiger partial charge < -0.3 is 10.2 Å². The maximum absolute atomic E-state index is 12.6. The van der Waals surface area contributed by atoms with E-state index in [0.717, 1.165) is 12.6 Å². The first kappa shape index (κ1) is 21.6. The van der Waals surface area contributed by atoms with Crippen molar-refractivity contribution in [3.63, 3.8) is 0 Å². The van der Waals surface area contributed by atoms with Gasteiger partial charge in [0.15, 0.2) is 0 Å². The predicted octanol–water partition coefficient (Wildman–Crippen LogP) is 3.40. The molecular weight excluding hydrogens is 380 g/mol. The third-order valence-electron chi connectivity index (χ3n) is 4.00. The van der Waals surface area contributed by atoms with Gasteiger partial charge in [-0.25, -0.2) is 8.42 Å². The third kappa shape index (κ3) is 5.93. The van der Waals surface area contributed by atoms with E-state index in [4.69, 9.17) is 0 Å². The lowest BCUT2D eigenvalue weighted by atomic mass is 9.93. The summed E-state index contributed by atoms with van der Waals surface area (Å²) in [4.78, 5) is 12.8. The summed E-state index contributed by atoms with van der Waals surface area (Å²) < 4.78 is 27.6. The summed E-state index contributed by atoms with van der Waals surface area (Å²) in [6.07, 6.45) is 0. The molecule has 0 aliphatic heterocycles. The standard InChI is InChI=1S/C19H26N4O4S/c1-19(2,14-22(3)4)13-20-17-11-10-16(12-18(17)23(24)25)28(26,27)21-15-8-6-5-7-9-15/h5-12,20-21H,13-14H2,1-4H3. The molecule has 0 bridgehead atoms. The van der Waals surface area contributed by atoms with Crippen LogP contribution in [0.2, 0.25) is 0 Å². The second-order valence-corrected chi connectivity index (χ2v) is 9.35. The molecule has 0 radical (unpaired) electrons. The Hall–Kier alpha value is -2.65. The maximum atomic E-state index is 12.6. The van der Waals surface area contributed by atoms with Crippen LogP contribution >= 0.6 is 0 Å². The number of rotatable bonds is 9. The van der Waals surface area contributed by atoms with Crippen molar-refractivity contribution in [2.24, 2.45) is 5.41 Å². The zero-order chi connectivity index (χ0) is 20.9. The Labute approximate surface area is 165 Å². The summed E-state index contributed by atoms with van der Waals surface area (Å²) in [5.74, 6) is 0. The number of hydrogen-bond donors (Lipinski definition) is 2. The molecule has 2 aromatic rings. The van der Waals surface area contributed by atoms with Crippen LogP contribution in [0, 0.1) is 15.5 Å². The summed E-state index contributed by atoms with van der Waals surface area (Å²) in [6, 6.07) is 12.2. The van der Waals surface area contributed by atoms with Gasteiger partial charge in [0.05, 0.1) is 9.82 Å². The fourth-order valence-electron chi connectivity index (χ4n) is 2.95. The van der Waals surface area contributed by atoms with Crippen LogP contribution in [-0.4, -0.2) is 45.4 Å². The topological polar surface area (TPSA) is 105 Å². The molecule has 28 heavy (non-hydrogen) atoms. The lowest BCUT2D eigenvalue weighted by molar-refractivity contribution is -0.384. The van der Waals surface area contributed by atoms with Gasteiger partial charge in [-0.2, -0.15) is 0 Å². The van der Waals surface area contributed by atoms with E-state index in [1.54, 1.807) is 30.3 Å². The highest BCUT2D eigenvalue weighted by Crippen LogP contribution is 2.29. The van der Waals surface area contributed by atoms with Crippen LogP contribution in [-0.2, 0) is 10.0 Å². The van der Waals surface area contributed by atoms with E-state index in [-0.39, 0.29) is 21.7 Å². The van der Waals surface area contributed by atoms with Gasteiger partial charge in [0.2, 0.25) is 0 Å². The van der Waals surface area contributed by atoms with Gasteiger partial charge >= 0.3 is 0 Å². The number of anilines is 2. The Kier molecular flexibility index (Phi) is 6.63. The third-order valence-corrected chi connectivity index (χ3v) is 5.38. The number of para-hydroxylation sites is 1. The van der Waals surface area contributed by atoms with E-state index in [2.05, 4.69) is 23.9 Å². The molecule has 0 atom stereocenters. The molecule has 9 heteroatoms. The fourth-order valence-corrected chi connectivity index (χ4v) is 4.02. The van der Waals surface area contributed by atoms with Gasteiger partial charge in [-0.05, 0) is 43.8 Å². The largest absolute Gasteiger partial charge is 0.379 e. The molecular formula is C19H26N4O4S. The average Bonchev–Trinajstić information content (AvgIpc) is 2.59.